The minimum absolute atomic E-state index is 0.667. The van der Waals surface area contributed by atoms with Crippen LogP contribution in [-0.2, 0) is 12.3 Å². The number of nitrogens with zero attached hydrogens (tertiary/aromatic N) is 6. The zero-order valence-electron chi connectivity index (χ0n) is 13.2. The lowest BCUT2D eigenvalue weighted by atomic mass is 10.2. The second-order valence-electron chi connectivity index (χ2n) is 5.55. The van der Waals surface area contributed by atoms with Crippen molar-refractivity contribution in [2.45, 2.75) is 24.4 Å². The molecule has 3 aromatic heterocycles. The van der Waals surface area contributed by atoms with Crippen LogP contribution in [-0.4, -0.2) is 29.6 Å². The van der Waals surface area contributed by atoms with Gasteiger partial charge in [-0.25, -0.2) is 9.67 Å². The fourth-order valence-electron chi connectivity index (χ4n) is 2.57. The van der Waals surface area contributed by atoms with Gasteiger partial charge in [-0.3, -0.25) is 0 Å². The van der Waals surface area contributed by atoms with Gasteiger partial charge in [-0.15, -0.1) is 5.10 Å². The number of imidazole rings is 1. The first-order valence-electron chi connectivity index (χ1n) is 7.66. The molecule has 120 valence electrons. The molecule has 0 atom stereocenters. The molecule has 4 rings (SSSR count). The molecule has 4 aromatic rings. The molecule has 0 aliphatic heterocycles. The molecule has 6 nitrogen and oxygen atoms in total. The summed E-state index contributed by atoms with van der Waals surface area (Å²) < 4.78 is 3.87. The van der Waals surface area contributed by atoms with Gasteiger partial charge in [-0.05, 0) is 34.5 Å². The lowest BCUT2D eigenvalue weighted by Gasteiger charge is -2.03. The molecule has 0 radical (unpaired) electrons. The number of pyridine rings is 1. The Morgan fingerprint density at radius 1 is 1.08 bits per heavy atom. The number of hydrogen-bond acceptors (Lipinski definition) is 5. The molecule has 0 amide bonds. The number of tetrazole rings is 1. The van der Waals surface area contributed by atoms with Crippen LogP contribution in [0.15, 0.2) is 60.0 Å². The lowest BCUT2D eigenvalue weighted by Crippen LogP contribution is -2.03. The van der Waals surface area contributed by atoms with E-state index < -0.39 is 0 Å². The molecule has 24 heavy (non-hydrogen) atoms. The highest BCUT2D eigenvalue weighted by Gasteiger charge is 2.10. The Morgan fingerprint density at radius 3 is 2.79 bits per heavy atom. The molecule has 0 unspecified atom stereocenters. The summed E-state index contributed by atoms with van der Waals surface area (Å²) in [6.45, 7) is 2.74. The third-order valence-electron chi connectivity index (χ3n) is 3.75. The molecule has 0 aliphatic carbocycles. The zero-order valence-corrected chi connectivity index (χ0v) is 14.0. The maximum atomic E-state index is 4.69. The second-order valence-corrected chi connectivity index (χ2v) is 6.49. The monoisotopic (exact) mass is 336 g/mol. The van der Waals surface area contributed by atoms with Crippen molar-refractivity contribution in [3.8, 4) is 0 Å². The third-order valence-corrected chi connectivity index (χ3v) is 4.74. The normalized spacial score (nSPS) is 11.2. The number of thioether (sulfide) groups is 1. The summed E-state index contributed by atoms with van der Waals surface area (Å²) in [5, 5.41) is 12.8. The molecule has 1 aromatic carbocycles. The van der Waals surface area contributed by atoms with Gasteiger partial charge in [0, 0.05) is 18.1 Å². The number of aromatic nitrogens is 6. The van der Waals surface area contributed by atoms with E-state index in [4.69, 9.17) is 0 Å². The van der Waals surface area contributed by atoms with E-state index in [0.29, 0.717) is 6.54 Å². The van der Waals surface area contributed by atoms with E-state index in [1.54, 1.807) is 11.8 Å². The highest BCUT2D eigenvalue weighted by atomic mass is 32.2. The minimum atomic E-state index is 0.667. The van der Waals surface area contributed by atoms with E-state index >= 15 is 0 Å². The van der Waals surface area contributed by atoms with Gasteiger partial charge in [-0.2, -0.15) is 0 Å². The summed E-state index contributed by atoms with van der Waals surface area (Å²) in [6.07, 6.45) is 4.07. The fourth-order valence-corrected chi connectivity index (χ4v) is 3.33. The van der Waals surface area contributed by atoms with Crippen molar-refractivity contribution < 1.29 is 0 Å². The van der Waals surface area contributed by atoms with Crippen LogP contribution >= 0.6 is 11.8 Å². The van der Waals surface area contributed by atoms with Crippen LogP contribution in [0.25, 0.3) is 5.65 Å². The molecule has 0 saturated heterocycles. The number of rotatable bonds is 5. The molecule has 0 fully saturated rings. The van der Waals surface area contributed by atoms with Crippen molar-refractivity contribution in [2.75, 3.05) is 0 Å². The predicted octanol–water partition coefficient (Wildman–Crippen LogP) is 2.97. The zero-order chi connectivity index (χ0) is 16.4. The first kappa shape index (κ1) is 14.9. The summed E-state index contributed by atoms with van der Waals surface area (Å²) in [5.74, 6) is 0.732. The van der Waals surface area contributed by atoms with Crippen molar-refractivity contribution >= 4 is 17.4 Å². The van der Waals surface area contributed by atoms with Gasteiger partial charge < -0.3 is 4.40 Å². The van der Waals surface area contributed by atoms with Crippen LogP contribution in [0.1, 0.15) is 16.8 Å². The van der Waals surface area contributed by atoms with Crippen LogP contribution in [0.4, 0.5) is 0 Å². The van der Waals surface area contributed by atoms with E-state index in [1.807, 2.05) is 35.1 Å². The SMILES string of the molecule is Cc1cccn2cc(CSc3nnnn3Cc3ccccc3)nc12. The highest BCUT2D eigenvalue weighted by molar-refractivity contribution is 7.98. The number of hydrogen-bond donors (Lipinski definition) is 0. The summed E-state index contributed by atoms with van der Waals surface area (Å²) >= 11 is 1.60. The largest absolute Gasteiger partial charge is 0.307 e. The Morgan fingerprint density at radius 2 is 1.96 bits per heavy atom. The van der Waals surface area contributed by atoms with E-state index in [-0.39, 0.29) is 0 Å². The van der Waals surface area contributed by atoms with Gasteiger partial charge in [-0.1, -0.05) is 48.2 Å². The molecular weight excluding hydrogens is 320 g/mol. The van der Waals surface area contributed by atoms with Crippen molar-refractivity contribution in [1.29, 1.82) is 0 Å². The maximum Gasteiger partial charge on any atom is 0.210 e. The third kappa shape index (κ3) is 3.03. The molecule has 7 heteroatoms. The lowest BCUT2D eigenvalue weighted by molar-refractivity contribution is 0.603. The second kappa shape index (κ2) is 6.45. The summed E-state index contributed by atoms with van der Waals surface area (Å²) in [7, 11) is 0. The van der Waals surface area contributed by atoms with Gasteiger partial charge in [0.2, 0.25) is 5.16 Å². The van der Waals surface area contributed by atoms with Gasteiger partial charge in [0.05, 0.1) is 12.2 Å². The first-order valence-corrected chi connectivity index (χ1v) is 8.64. The van der Waals surface area contributed by atoms with Crippen LogP contribution < -0.4 is 0 Å². The van der Waals surface area contributed by atoms with Crippen LogP contribution in [0.2, 0.25) is 0 Å². The Balaban J connectivity index is 1.50. The van der Waals surface area contributed by atoms with Gasteiger partial charge >= 0.3 is 0 Å². The Kier molecular flexibility index (Phi) is 4.00. The molecule has 3 heterocycles. The van der Waals surface area contributed by atoms with Gasteiger partial charge in [0.15, 0.2) is 0 Å². The van der Waals surface area contributed by atoms with Crippen LogP contribution in [0.3, 0.4) is 0 Å². The van der Waals surface area contributed by atoms with Crippen molar-refractivity contribution in [1.82, 2.24) is 29.6 Å². The topological polar surface area (TPSA) is 60.9 Å². The fraction of sp³-hybridized carbons (Fsp3) is 0.176. The number of fused-ring (bicyclic) bond motifs is 1. The summed E-state index contributed by atoms with van der Waals surface area (Å²) in [4.78, 5) is 4.69. The Hall–Kier alpha value is -2.67. The summed E-state index contributed by atoms with van der Waals surface area (Å²) in [6, 6.07) is 14.3. The molecule has 0 spiro atoms. The van der Waals surface area contributed by atoms with E-state index in [1.165, 1.54) is 11.1 Å². The van der Waals surface area contributed by atoms with Crippen LogP contribution in [0, 0.1) is 6.92 Å². The molecular formula is C17H16N6S. The average molecular weight is 336 g/mol. The average Bonchev–Trinajstić information content (AvgIpc) is 3.21. The predicted molar refractivity (Wildman–Crippen MR) is 92.9 cm³/mol. The molecule has 0 bridgehead atoms. The molecule has 0 N–H and O–H groups in total. The molecule has 0 saturated carbocycles. The van der Waals surface area contributed by atoms with E-state index in [9.17, 15) is 0 Å². The van der Waals surface area contributed by atoms with Crippen LogP contribution in [0.5, 0.6) is 0 Å². The smallest absolute Gasteiger partial charge is 0.210 e. The minimum Gasteiger partial charge on any atom is -0.307 e. The molecule has 0 aliphatic rings. The van der Waals surface area contributed by atoms with Crippen molar-refractivity contribution in [2.24, 2.45) is 0 Å². The summed E-state index contributed by atoms with van der Waals surface area (Å²) in [5.41, 5.74) is 4.36. The standard InChI is InChI=1S/C17H16N6S/c1-13-6-5-9-22-11-15(18-16(13)22)12-24-17-19-20-21-23(17)10-14-7-3-2-4-8-14/h2-9,11H,10,12H2,1H3. The van der Waals surface area contributed by atoms with Gasteiger partial charge in [0.1, 0.15) is 5.65 Å². The Labute approximate surface area is 143 Å². The van der Waals surface area contributed by atoms with Gasteiger partial charge in [0.25, 0.3) is 0 Å². The van der Waals surface area contributed by atoms with E-state index in [2.05, 4.69) is 56.2 Å². The Bertz CT molecular complexity index is 960. The first-order chi connectivity index (χ1) is 11.8. The number of benzene rings is 1. The van der Waals surface area contributed by atoms with E-state index in [0.717, 1.165) is 22.3 Å². The van der Waals surface area contributed by atoms with Crippen molar-refractivity contribution in [3.05, 3.63) is 71.7 Å². The number of aryl methyl sites for hydroxylation is 1. The van der Waals surface area contributed by atoms with Crippen molar-refractivity contribution in [3.63, 3.8) is 0 Å². The quantitative estimate of drug-likeness (QED) is 0.524. The maximum absolute atomic E-state index is 4.69. The highest BCUT2D eigenvalue weighted by Crippen LogP contribution is 2.21.